The molecule has 1 unspecified atom stereocenters. The van der Waals surface area contributed by atoms with Gasteiger partial charge in [-0.25, -0.2) is 9.18 Å². The molecule has 0 aromatic heterocycles. The molecule has 0 radical (unpaired) electrons. The molecule has 0 spiro atoms. The molecule has 3 nitrogen and oxygen atoms in total. The van der Waals surface area contributed by atoms with Gasteiger partial charge < -0.3 is 9.64 Å². The summed E-state index contributed by atoms with van der Waals surface area (Å²) in [6, 6.07) is 4.05. The summed E-state index contributed by atoms with van der Waals surface area (Å²) in [5.74, 6) is -0.748. The van der Waals surface area contributed by atoms with Gasteiger partial charge in [-0.1, -0.05) is 11.6 Å². The average Bonchev–Trinajstić information content (AvgIpc) is 2.20. The second kappa shape index (κ2) is 4.29. The van der Waals surface area contributed by atoms with E-state index in [1.807, 2.05) is 0 Å². The van der Waals surface area contributed by atoms with Gasteiger partial charge in [0.1, 0.15) is 11.9 Å². The fraction of sp³-hybridized carbons (Fsp3) is 0.364. The molecule has 0 bridgehead atoms. The molecule has 0 N–H and O–H groups in total. The molecule has 1 aromatic carbocycles. The first-order valence-corrected chi connectivity index (χ1v) is 5.31. The molecule has 0 aliphatic carbocycles. The van der Waals surface area contributed by atoms with Crippen molar-refractivity contribution in [3.8, 4) is 0 Å². The van der Waals surface area contributed by atoms with Crippen molar-refractivity contribution >= 4 is 23.3 Å². The average molecular weight is 244 g/mol. The van der Waals surface area contributed by atoms with E-state index in [4.69, 9.17) is 11.6 Å². The van der Waals surface area contributed by atoms with E-state index in [2.05, 4.69) is 4.74 Å². The van der Waals surface area contributed by atoms with Gasteiger partial charge >= 0.3 is 5.97 Å². The lowest BCUT2D eigenvalue weighted by atomic mass is 10.0. The molecule has 1 heterocycles. The molecule has 1 saturated heterocycles. The Kier molecular flexibility index (Phi) is 3.01. The fourth-order valence-corrected chi connectivity index (χ4v) is 1.93. The smallest absolute Gasteiger partial charge is 0.328 e. The molecule has 1 aliphatic heterocycles. The summed E-state index contributed by atoms with van der Waals surface area (Å²) in [5, 5.41) is 0.344. The minimum Gasteiger partial charge on any atom is -0.467 e. The molecule has 5 heteroatoms. The number of anilines is 1. The van der Waals surface area contributed by atoms with Gasteiger partial charge in [-0.2, -0.15) is 0 Å². The first-order valence-electron chi connectivity index (χ1n) is 4.93. The van der Waals surface area contributed by atoms with Gasteiger partial charge in [-0.3, -0.25) is 0 Å². The summed E-state index contributed by atoms with van der Waals surface area (Å²) in [6.45, 7) is 0.651. The first-order chi connectivity index (χ1) is 7.63. The Hall–Kier alpha value is -1.29. The largest absolute Gasteiger partial charge is 0.467 e. The number of nitrogens with zero attached hydrogens (tertiary/aromatic N) is 1. The van der Waals surface area contributed by atoms with Crippen LogP contribution in [-0.2, 0) is 9.53 Å². The van der Waals surface area contributed by atoms with Crippen molar-refractivity contribution in [1.29, 1.82) is 0 Å². The van der Waals surface area contributed by atoms with Crippen molar-refractivity contribution in [2.24, 2.45) is 0 Å². The number of ether oxygens (including phenoxy) is 1. The van der Waals surface area contributed by atoms with Crippen LogP contribution >= 0.6 is 11.6 Å². The van der Waals surface area contributed by atoms with E-state index in [1.165, 1.54) is 13.2 Å². The van der Waals surface area contributed by atoms with Crippen LogP contribution in [0.4, 0.5) is 10.1 Å². The number of esters is 1. The normalized spacial score (nSPS) is 19.2. The summed E-state index contributed by atoms with van der Waals surface area (Å²) >= 11 is 5.66. The summed E-state index contributed by atoms with van der Waals surface area (Å²) in [4.78, 5) is 13.0. The van der Waals surface area contributed by atoms with Gasteiger partial charge in [0.2, 0.25) is 0 Å². The highest BCUT2D eigenvalue weighted by atomic mass is 35.5. The Morgan fingerprint density at radius 2 is 2.38 bits per heavy atom. The molecular formula is C11H11ClFNO2. The molecule has 1 atom stereocenters. The van der Waals surface area contributed by atoms with E-state index in [0.29, 0.717) is 23.7 Å². The lowest BCUT2D eigenvalue weighted by Gasteiger charge is -2.40. The summed E-state index contributed by atoms with van der Waals surface area (Å²) < 4.78 is 18.2. The quantitative estimate of drug-likeness (QED) is 0.746. The van der Waals surface area contributed by atoms with Crippen LogP contribution in [-0.4, -0.2) is 25.7 Å². The number of hydrogen-bond donors (Lipinski definition) is 0. The predicted molar refractivity (Wildman–Crippen MR) is 59.2 cm³/mol. The van der Waals surface area contributed by atoms with Gasteiger partial charge in [-0.05, 0) is 24.6 Å². The number of benzene rings is 1. The van der Waals surface area contributed by atoms with Crippen LogP contribution in [0.25, 0.3) is 0 Å². The number of carbonyl (C=O) groups excluding carboxylic acids is 1. The van der Waals surface area contributed by atoms with Gasteiger partial charge in [0.15, 0.2) is 0 Å². The van der Waals surface area contributed by atoms with Crippen LogP contribution in [0.3, 0.4) is 0 Å². The minimum absolute atomic E-state index is 0.333. The van der Waals surface area contributed by atoms with Crippen LogP contribution in [0.5, 0.6) is 0 Å². The third-order valence-electron chi connectivity index (χ3n) is 2.71. The molecule has 1 fully saturated rings. The van der Waals surface area contributed by atoms with Crippen molar-refractivity contribution in [3.63, 3.8) is 0 Å². The summed E-state index contributed by atoms with van der Waals surface area (Å²) in [7, 11) is 1.33. The van der Waals surface area contributed by atoms with E-state index in [9.17, 15) is 9.18 Å². The predicted octanol–water partition coefficient (Wildman–Crippen LogP) is 2.23. The number of methoxy groups -OCH3 is 1. The molecule has 0 amide bonds. The lowest BCUT2D eigenvalue weighted by Crippen LogP contribution is -2.53. The third-order valence-corrected chi connectivity index (χ3v) is 2.95. The van der Waals surface area contributed by atoms with Crippen molar-refractivity contribution in [3.05, 3.63) is 29.0 Å². The maximum absolute atomic E-state index is 13.6. The van der Waals surface area contributed by atoms with Crippen LogP contribution in [0.1, 0.15) is 6.42 Å². The second-order valence-electron chi connectivity index (χ2n) is 3.62. The van der Waals surface area contributed by atoms with Crippen LogP contribution in [0.15, 0.2) is 18.2 Å². The Balaban J connectivity index is 2.22. The topological polar surface area (TPSA) is 29.5 Å². The zero-order valence-corrected chi connectivity index (χ0v) is 9.50. The Bertz CT molecular complexity index is 424. The monoisotopic (exact) mass is 243 g/mol. The van der Waals surface area contributed by atoms with Gasteiger partial charge in [0, 0.05) is 11.6 Å². The SMILES string of the molecule is COC(=O)C1CCN1c1ccc(Cl)cc1F. The van der Waals surface area contributed by atoms with E-state index < -0.39 is 5.82 Å². The molecular weight excluding hydrogens is 233 g/mol. The molecule has 1 aromatic rings. The number of carbonyl (C=O) groups is 1. The van der Waals surface area contributed by atoms with Gasteiger partial charge in [0.25, 0.3) is 0 Å². The number of hydrogen-bond acceptors (Lipinski definition) is 3. The first kappa shape index (κ1) is 11.2. The molecule has 0 saturated carbocycles. The van der Waals surface area contributed by atoms with Crippen LogP contribution < -0.4 is 4.90 Å². The Labute approximate surface area is 97.8 Å². The summed E-state index contributed by atoms with van der Waals surface area (Å²) in [5.41, 5.74) is 0.394. The van der Waals surface area contributed by atoms with Gasteiger partial charge in [-0.15, -0.1) is 0 Å². The van der Waals surface area contributed by atoms with Crippen molar-refractivity contribution < 1.29 is 13.9 Å². The second-order valence-corrected chi connectivity index (χ2v) is 4.05. The van der Waals surface area contributed by atoms with Crippen molar-refractivity contribution in [2.45, 2.75) is 12.5 Å². The van der Waals surface area contributed by atoms with Crippen molar-refractivity contribution in [1.82, 2.24) is 0 Å². The van der Waals surface area contributed by atoms with Crippen molar-refractivity contribution in [2.75, 3.05) is 18.6 Å². The zero-order chi connectivity index (χ0) is 11.7. The van der Waals surface area contributed by atoms with E-state index in [1.54, 1.807) is 17.0 Å². The highest BCUT2D eigenvalue weighted by Gasteiger charge is 2.36. The Morgan fingerprint density at radius 3 is 2.88 bits per heavy atom. The Morgan fingerprint density at radius 1 is 1.62 bits per heavy atom. The summed E-state index contributed by atoms with van der Waals surface area (Å²) in [6.07, 6.45) is 0.689. The zero-order valence-electron chi connectivity index (χ0n) is 8.74. The molecule has 1 aliphatic rings. The van der Waals surface area contributed by atoms with E-state index in [0.717, 1.165) is 0 Å². The maximum atomic E-state index is 13.6. The van der Waals surface area contributed by atoms with E-state index in [-0.39, 0.29) is 12.0 Å². The minimum atomic E-state index is -0.416. The highest BCUT2D eigenvalue weighted by Crippen LogP contribution is 2.30. The van der Waals surface area contributed by atoms with Crippen LogP contribution in [0, 0.1) is 5.82 Å². The van der Waals surface area contributed by atoms with Gasteiger partial charge in [0.05, 0.1) is 12.8 Å². The molecule has 86 valence electrons. The van der Waals surface area contributed by atoms with E-state index >= 15 is 0 Å². The standard InChI is InChI=1S/C11H11ClFNO2/c1-16-11(15)10-4-5-14(10)9-3-2-7(12)6-8(9)13/h2-3,6,10H,4-5H2,1H3. The number of rotatable bonds is 2. The van der Waals surface area contributed by atoms with Crippen LogP contribution in [0.2, 0.25) is 5.02 Å². The maximum Gasteiger partial charge on any atom is 0.328 e. The molecule has 16 heavy (non-hydrogen) atoms. The third kappa shape index (κ3) is 1.85. The molecule has 2 rings (SSSR count). The fourth-order valence-electron chi connectivity index (χ4n) is 1.77. The lowest BCUT2D eigenvalue weighted by molar-refractivity contribution is -0.143. The number of halogens is 2. The highest BCUT2D eigenvalue weighted by molar-refractivity contribution is 6.30.